The second-order valence-corrected chi connectivity index (χ2v) is 4.28. The Labute approximate surface area is 90.6 Å². The van der Waals surface area contributed by atoms with Crippen LogP contribution >= 0.6 is 0 Å². The molecular weight excluding hydrogens is 190 g/mol. The van der Waals surface area contributed by atoms with E-state index in [1.807, 2.05) is 12.1 Å². The third-order valence-electron chi connectivity index (χ3n) is 2.89. The van der Waals surface area contributed by atoms with Crippen molar-refractivity contribution in [3.63, 3.8) is 0 Å². The highest BCUT2D eigenvalue weighted by atomic mass is 16.5. The maximum atomic E-state index is 6.03. The molecule has 3 nitrogen and oxygen atoms in total. The number of nitrogens with two attached hydrogens (primary N) is 1. The molecule has 1 fully saturated rings. The second-order valence-electron chi connectivity index (χ2n) is 4.28. The summed E-state index contributed by atoms with van der Waals surface area (Å²) in [4.78, 5) is 0. The minimum atomic E-state index is -0.0781. The predicted octanol–water partition coefficient (Wildman–Crippen LogP) is 2.48. The molecule has 2 atom stereocenters. The summed E-state index contributed by atoms with van der Waals surface area (Å²) < 4.78 is 11.2. The molecule has 0 saturated heterocycles. The molecule has 2 N–H and O–H groups in total. The van der Waals surface area contributed by atoms with Crippen molar-refractivity contribution in [3.8, 4) is 0 Å². The first-order valence-electron chi connectivity index (χ1n) is 5.71. The summed E-state index contributed by atoms with van der Waals surface area (Å²) in [5.74, 6) is 1.61. The smallest absolute Gasteiger partial charge is 0.134 e. The Bertz CT molecular complexity index is 280. The Balaban J connectivity index is 1.95. The topological polar surface area (TPSA) is 48.4 Å². The van der Waals surface area contributed by atoms with E-state index in [4.69, 9.17) is 14.9 Å². The minimum absolute atomic E-state index is 0.0231. The summed E-state index contributed by atoms with van der Waals surface area (Å²) in [7, 11) is 0. The standard InChI is InChI=1S/C12H19NO2/c1-2-10(13)12(11-4-3-7-14-11)15-8-9-5-6-9/h3-4,7,9-10,12H,2,5-6,8,13H2,1H3. The van der Waals surface area contributed by atoms with E-state index in [1.165, 1.54) is 12.8 Å². The molecule has 2 unspecified atom stereocenters. The van der Waals surface area contributed by atoms with E-state index in [1.54, 1.807) is 6.26 Å². The fourth-order valence-corrected chi connectivity index (χ4v) is 1.61. The number of ether oxygens (including phenoxy) is 1. The fraction of sp³-hybridized carbons (Fsp3) is 0.667. The first kappa shape index (κ1) is 10.7. The lowest BCUT2D eigenvalue weighted by atomic mass is 10.1. The van der Waals surface area contributed by atoms with E-state index in [2.05, 4.69) is 6.92 Å². The lowest BCUT2D eigenvalue weighted by Gasteiger charge is -2.21. The fourth-order valence-electron chi connectivity index (χ4n) is 1.61. The van der Waals surface area contributed by atoms with Crippen LogP contribution in [-0.2, 0) is 4.74 Å². The molecule has 1 aliphatic rings. The Hall–Kier alpha value is -0.800. The van der Waals surface area contributed by atoms with Crippen molar-refractivity contribution in [1.82, 2.24) is 0 Å². The van der Waals surface area contributed by atoms with Crippen LogP contribution in [0.2, 0.25) is 0 Å². The van der Waals surface area contributed by atoms with Gasteiger partial charge in [-0.05, 0) is 37.3 Å². The van der Waals surface area contributed by atoms with Crippen molar-refractivity contribution in [2.24, 2.45) is 11.7 Å². The van der Waals surface area contributed by atoms with Gasteiger partial charge in [0.2, 0.25) is 0 Å². The second kappa shape index (κ2) is 4.81. The van der Waals surface area contributed by atoms with Crippen molar-refractivity contribution < 1.29 is 9.15 Å². The Morgan fingerprint density at radius 1 is 1.60 bits per heavy atom. The lowest BCUT2D eigenvalue weighted by molar-refractivity contribution is 0.0130. The Morgan fingerprint density at radius 2 is 2.40 bits per heavy atom. The number of furan rings is 1. The zero-order valence-electron chi connectivity index (χ0n) is 9.19. The predicted molar refractivity (Wildman–Crippen MR) is 58.4 cm³/mol. The van der Waals surface area contributed by atoms with Gasteiger partial charge < -0.3 is 14.9 Å². The first-order chi connectivity index (χ1) is 7.31. The van der Waals surface area contributed by atoms with Crippen LogP contribution < -0.4 is 5.73 Å². The summed E-state index contributed by atoms with van der Waals surface area (Å²) >= 11 is 0. The highest BCUT2D eigenvalue weighted by Crippen LogP contribution is 2.32. The third kappa shape index (κ3) is 2.83. The maximum Gasteiger partial charge on any atom is 0.134 e. The summed E-state index contributed by atoms with van der Waals surface area (Å²) in [6, 6.07) is 3.84. The number of hydrogen-bond donors (Lipinski definition) is 1. The van der Waals surface area contributed by atoms with Crippen molar-refractivity contribution in [3.05, 3.63) is 24.2 Å². The normalized spacial score (nSPS) is 20.1. The van der Waals surface area contributed by atoms with E-state index in [-0.39, 0.29) is 12.1 Å². The van der Waals surface area contributed by atoms with E-state index in [0.29, 0.717) is 0 Å². The van der Waals surface area contributed by atoms with Gasteiger partial charge in [0.15, 0.2) is 0 Å². The monoisotopic (exact) mass is 209 g/mol. The van der Waals surface area contributed by atoms with Gasteiger partial charge in [0.25, 0.3) is 0 Å². The molecule has 1 aliphatic carbocycles. The molecule has 3 heteroatoms. The summed E-state index contributed by atoms with van der Waals surface area (Å²) in [6.07, 6.45) is 5.09. The van der Waals surface area contributed by atoms with Crippen molar-refractivity contribution in [2.75, 3.05) is 6.61 Å². The maximum absolute atomic E-state index is 6.03. The van der Waals surface area contributed by atoms with E-state index < -0.39 is 0 Å². The molecule has 0 aliphatic heterocycles. The van der Waals surface area contributed by atoms with Gasteiger partial charge in [-0.2, -0.15) is 0 Å². The van der Waals surface area contributed by atoms with Crippen molar-refractivity contribution >= 4 is 0 Å². The molecule has 1 aromatic heterocycles. The van der Waals surface area contributed by atoms with Gasteiger partial charge in [-0.3, -0.25) is 0 Å². The van der Waals surface area contributed by atoms with Crippen LogP contribution in [0, 0.1) is 5.92 Å². The van der Waals surface area contributed by atoms with Crippen LogP contribution in [0.3, 0.4) is 0 Å². The van der Waals surface area contributed by atoms with E-state index >= 15 is 0 Å². The van der Waals surface area contributed by atoms with Gasteiger partial charge in [-0.15, -0.1) is 0 Å². The summed E-state index contributed by atoms with van der Waals surface area (Å²) in [5.41, 5.74) is 6.03. The van der Waals surface area contributed by atoms with Crippen LogP contribution in [0.25, 0.3) is 0 Å². The van der Waals surface area contributed by atoms with Gasteiger partial charge >= 0.3 is 0 Å². The molecule has 1 aromatic rings. The molecule has 84 valence electrons. The molecule has 15 heavy (non-hydrogen) atoms. The van der Waals surface area contributed by atoms with Gasteiger partial charge in [0.1, 0.15) is 11.9 Å². The number of hydrogen-bond acceptors (Lipinski definition) is 3. The molecule has 2 rings (SSSR count). The summed E-state index contributed by atoms with van der Waals surface area (Å²) in [6.45, 7) is 2.89. The molecule has 0 aromatic carbocycles. The van der Waals surface area contributed by atoms with Crippen molar-refractivity contribution in [1.29, 1.82) is 0 Å². The van der Waals surface area contributed by atoms with Crippen LogP contribution in [-0.4, -0.2) is 12.6 Å². The lowest BCUT2D eigenvalue weighted by Crippen LogP contribution is -2.29. The largest absolute Gasteiger partial charge is 0.467 e. The average Bonchev–Trinajstić information content (AvgIpc) is 2.92. The van der Waals surface area contributed by atoms with Gasteiger partial charge in [0.05, 0.1) is 12.9 Å². The van der Waals surface area contributed by atoms with Crippen LogP contribution in [0.4, 0.5) is 0 Å². The average molecular weight is 209 g/mol. The molecule has 1 saturated carbocycles. The van der Waals surface area contributed by atoms with Gasteiger partial charge in [-0.1, -0.05) is 6.92 Å². The number of rotatable bonds is 6. The molecule has 0 spiro atoms. The quantitative estimate of drug-likeness (QED) is 0.783. The van der Waals surface area contributed by atoms with E-state index in [0.717, 1.165) is 24.7 Å². The van der Waals surface area contributed by atoms with Gasteiger partial charge in [0, 0.05) is 6.04 Å². The van der Waals surface area contributed by atoms with Crippen LogP contribution in [0.15, 0.2) is 22.8 Å². The van der Waals surface area contributed by atoms with Crippen LogP contribution in [0.1, 0.15) is 38.1 Å². The highest BCUT2D eigenvalue weighted by molar-refractivity contribution is 5.05. The minimum Gasteiger partial charge on any atom is -0.467 e. The zero-order valence-corrected chi connectivity index (χ0v) is 9.19. The third-order valence-corrected chi connectivity index (χ3v) is 2.89. The zero-order chi connectivity index (χ0) is 10.7. The van der Waals surface area contributed by atoms with E-state index in [9.17, 15) is 0 Å². The molecule has 0 amide bonds. The molecule has 1 heterocycles. The molecular formula is C12H19NO2. The summed E-state index contributed by atoms with van der Waals surface area (Å²) in [5, 5.41) is 0. The van der Waals surface area contributed by atoms with Crippen molar-refractivity contribution in [2.45, 2.75) is 38.3 Å². The highest BCUT2D eigenvalue weighted by Gasteiger charge is 2.27. The Morgan fingerprint density at radius 3 is 2.93 bits per heavy atom. The SMILES string of the molecule is CCC(N)C(OCC1CC1)c1ccco1. The Kier molecular flexibility index (Phi) is 3.44. The first-order valence-corrected chi connectivity index (χ1v) is 5.71. The van der Waals surface area contributed by atoms with Crippen LogP contribution in [0.5, 0.6) is 0 Å². The van der Waals surface area contributed by atoms with Gasteiger partial charge in [-0.25, -0.2) is 0 Å². The molecule has 0 bridgehead atoms. The molecule has 0 radical (unpaired) electrons.